The van der Waals surface area contributed by atoms with Gasteiger partial charge in [-0.05, 0) is 64.2 Å². The molecule has 16 heavy (non-hydrogen) atoms. The maximum absolute atomic E-state index is 3.56. The molecule has 0 unspecified atom stereocenters. The van der Waals surface area contributed by atoms with E-state index >= 15 is 0 Å². The Labute approximate surface area is 122 Å². The summed E-state index contributed by atoms with van der Waals surface area (Å²) >= 11 is 0. The molecule has 2 fully saturated rings. The monoisotopic (exact) mass is 288 g/mol. The summed E-state index contributed by atoms with van der Waals surface area (Å²) < 4.78 is 0. The van der Waals surface area contributed by atoms with Crippen LogP contribution in [0.1, 0.15) is 6.92 Å². The third kappa shape index (κ3) is 16.8. The van der Waals surface area contributed by atoms with Crippen LogP contribution in [0.25, 0.3) is 0 Å². The molecule has 10 radical (unpaired) electrons. The molecule has 0 aromatic heterocycles. The van der Waals surface area contributed by atoms with Crippen LogP contribution in [0.15, 0.2) is 11.6 Å². The Hall–Kier alpha value is 0.363. The van der Waals surface area contributed by atoms with Gasteiger partial charge in [-0.15, -0.1) is 6.92 Å². The second kappa shape index (κ2) is 15.4. The largest absolute Gasteiger partial charge is 2.00 e. The summed E-state index contributed by atoms with van der Waals surface area (Å²) in [5, 5.41) is 0. The third-order valence-electron chi connectivity index (χ3n) is 1.46. The van der Waals surface area contributed by atoms with E-state index < -0.39 is 0 Å². The quantitative estimate of drug-likeness (QED) is 0.597. The van der Waals surface area contributed by atoms with Crippen LogP contribution in [-0.4, -0.2) is 0 Å². The van der Waals surface area contributed by atoms with Gasteiger partial charge < -0.3 is 25.5 Å². The maximum Gasteiger partial charge on any atom is 2.00 e. The van der Waals surface area contributed by atoms with Crippen molar-refractivity contribution in [2.75, 3.05) is 0 Å². The number of hydrogen-bond acceptors (Lipinski definition) is 0. The minimum absolute atomic E-state index is 0. The van der Waals surface area contributed by atoms with Gasteiger partial charge in [0.05, 0.1) is 0 Å². The van der Waals surface area contributed by atoms with Gasteiger partial charge in [-0.2, -0.15) is 0 Å². The van der Waals surface area contributed by atoms with Crippen LogP contribution in [0.3, 0.4) is 0 Å². The van der Waals surface area contributed by atoms with Crippen molar-refractivity contribution >= 4 is 0 Å². The number of rotatable bonds is 0. The van der Waals surface area contributed by atoms with Gasteiger partial charge in [-0.25, -0.2) is 0 Å². The predicted molar refractivity (Wildman–Crippen MR) is 67.5 cm³/mol. The molecule has 2 aliphatic rings. The first kappa shape index (κ1) is 18.7. The molecule has 0 bridgehead atoms. The van der Waals surface area contributed by atoms with Crippen LogP contribution < -0.4 is 0 Å². The number of allylic oxidation sites excluding steroid dienone is 2. The Morgan fingerprint density at radius 3 is 0.938 bits per heavy atom. The average molecular weight is 290 g/mol. The van der Waals surface area contributed by atoms with E-state index in [-0.39, 0.29) is 26.2 Å². The van der Waals surface area contributed by atoms with E-state index in [2.05, 4.69) is 13.8 Å². The van der Waals surface area contributed by atoms with E-state index in [9.17, 15) is 0 Å². The molecule has 0 aromatic rings. The molecular weight excluding hydrogens is 271 g/mol. The molecule has 0 heterocycles. The first-order valence-corrected chi connectivity index (χ1v) is 4.88. The molecule has 0 spiro atoms. The average Bonchev–Trinajstić information content (AvgIpc) is 2.96. The zero-order valence-electron chi connectivity index (χ0n) is 9.77. The van der Waals surface area contributed by atoms with E-state index in [1.54, 1.807) is 6.08 Å². The summed E-state index contributed by atoms with van der Waals surface area (Å²) in [4.78, 5) is 0. The zero-order valence-corrected chi connectivity index (χ0v) is 12.2. The van der Waals surface area contributed by atoms with Crippen LogP contribution in [0.4, 0.5) is 0 Å². The minimum Gasteiger partial charge on any atom is -0.379 e. The smallest absolute Gasteiger partial charge is 0.379 e. The van der Waals surface area contributed by atoms with Crippen molar-refractivity contribution in [2.24, 2.45) is 0 Å². The molecule has 1 heteroatoms. The molecule has 2 saturated carbocycles. The molecule has 0 N–H and O–H groups in total. The fraction of sp³-hybridized carbons (Fsp3) is 0.0667. The third-order valence-corrected chi connectivity index (χ3v) is 1.46. The summed E-state index contributed by atoms with van der Waals surface area (Å²) in [5.41, 5.74) is 1.02. The van der Waals surface area contributed by atoms with Crippen molar-refractivity contribution in [3.8, 4) is 0 Å². The second-order valence-electron chi connectivity index (χ2n) is 2.97. The summed E-state index contributed by atoms with van der Waals surface area (Å²) in [6.45, 7) is 8.93. The molecule has 82 valence electrons. The summed E-state index contributed by atoms with van der Waals surface area (Å²) in [5.74, 6) is 0. The van der Waals surface area contributed by atoms with Gasteiger partial charge in [-0.1, -0.05) is 0 Å². The van der Waals surface area contributed by atoms with E-state index in [0.29, 0.717) is 0 Å². The van der Waals surface area contributed by atoms with Crippen molar-refractivity contribution in [1.29, 1.82) is 0 Å². The molecule has 2 rings (SSSR count). The van der Waals surface area contributed by atoms with E-state index in [1.165, 1.54) is 0 Å². The molecule has 0 nitrogen and oxygen atoms in total. The SMILES string of the molecule is [CH2-]/C=C(\[CH2-])C.[CH]1[CH][CH][CH][CH]1.[CH]1[CH][CH][CH][CH]1.[Zr+2]. The van der Waals surface area contributed by atoms with E-state index in [0.717, 1.165) is 5.57 Å². The zero-order chi connectivity index (χ0) is 11.4. The maximum atomic E-state index is 3.56. The van der Waals surface area contributed by atoms with Crippen molar-refractivity contribution in [1.82, 2.24) is 0 Å². The van der Waals surface area contributed by atoms with Crippen molar-refractivity contribution in [3.63, 3.8) is 0 Å². The Bertz CT molecular complexity index is 112. The van der Waals surface area contributed by atoms with Crippen LogP contribution in [0.5, 0.6) is 0 Å². The second-order valence-corrected chi connectivity index (χ2v) is 2.97. The predicted octanol–water partition coefficient (Wildman–Crippen LogP) is 3.64. The fourth-order valence-electron chi connectivity index (χ4n) is 0.642. The van der Waals surface area contributed by atoms with Crippen LogP contribution in [-0.2, 0) is 26.2 Å². The molecule has 0 aromatic carbocycles. The van der Waals surface area contributed by atoms with Crippen LogP contribution in [0.2, 0.25) is 0 Å². The summed E-state index contributed by atoms with van der Waals surface area (Å²) in [6.07, 6.45) is 21.7. The Morgan fingerprint density at radius 1 is 0.750 bits per heavy atom. The van der Waals surface area contributed by atoms with Gasteiger partial charge in [0.15, 0.2) is 0 Å². The number of hydrogen-bond donors (Lipinski definition) is 0. The topological polar surface area (TPSA) is 0 Å². The molecule has 0 aliphatic heterocycles. The molecular formula is C15H18Zr. The van der Waals surface area contributed by atoms with Gasteiger partial charge >= 0.3 is 26.2 Å². The molecule has 2 aliphatic carbocycles. The van der Waals surface area contributed by atoms with Crippen molar-refractivity contribution < 1.29 is 26.2 Å². The van der Waals surface area contributed by atoms with Gasteiger partial charge in [0.1, 0.15) is 0 Å². The van der Waals surface area contributed by atoms with Crippen molar-refractivity contribution in [3.05, 3.63) is 89.7 Å². The Kier molecular flexibility index (Phi) is 18.0. The van der Waals surface area contributed by atoms with Gasteiger partial charge in [-0.3, -0.25) is 0 Å². The van der Waals surface area contributed by atoms with E-state index in [1.807, 2.05) is 71.1 Å². The fourth-order valence-corrected chi connectivity index (χ4v) is 0.642. The van der Waals surface area contributed by atoms with Gasteiger partial charge in [0.25, 0.3) is 0 Å². The molecule has 0 amide bonds. The van der Waals surface area contributed by atoms with E-state index in [4.69, 9.17) is 0 Å². The standard InChI is InChI=1S/2C5H5.C5H8.Zr/c2*1-2-4-5-3-1;1-4-5(2)3;/h2*1-5H;4H,1-2H2,3H3;/q;;-2;+2/b;;5-4+;. The minimum atomic E-state index is 0. The first-order chi connectivity index (χ1) is 7.27. The van der Waals surface area contributed by atoms with Crippen LogP contribution in [0, 0.1) is 78.1 Å². The van der Waals surface area contributed by atoms with Crippen molar-refractivity contribution in [2.45, 2.75) is 6.92 Å². The van der Waals surface area contributed by atoms with Gasteiger partial charge in [0.2, 0.25) is 0 Å². The summed E-state index contributed by atoms with van der Waals surface area (Å²) in [7, 11) is 0. The van der Waals surface area contributed by atoms with Gasteiger partial charge in [0, 0.05) is 0 Å². The summed E-state index contributed by atoms with van der Waals surface area (Å²) in [6, 6.07) is 0. The Morgan fingerprint density at radius 2 is 0.875 bits per heavy atom. The van der Waals surface area contributed by atoms with Crippen LogP contribution >= 0.6 is 0 Å². The molecule has 0 atom stereocenters. The Balaban J connectivity index is 0. The first-order valence-electron chi connectivity index (χ1n) is 4.88. The molecule has 0 saturated heterocycles. The normalized spacial score (nSPS) is 18.7.